The van der Waals surface area contributed by atoms with Crippen LogP contribution in [0.3, 0.4) is 0 Å². The van der Waals surface area contributed by atoms with Gasteiger partial charge in [0, 0.05) is 23.7 Å². The third-order valence-electron chi connectivity index (χ3n) is 5.36. The number of hydrogen-bond acceptors (Lipinski definition) is 7. The Labute approximate surface area is 184 Å². The van der Waals surface area contributed by atoms with Gasteiger partial charge in [-0.15, -0.1) is 0 Å². The SMILES string of the molecule is O=C([C@@H]1CN(Cc2nc(-c3ccc(Cl)cc3)no2)c2ccccc2O1)N1CCOCC1. The Morgan fingerprint density at radius 2 is 1.87 bits per heavy atom. The number of rotatable bonds is 4. The van der Waals surface area contributed by atoms with Crippen molar-refractivity contribution in [3.63, 3.8) is 0 Å². The standard InChI is InChI=1S/C22H21ClN4O4/c23-16-7-5-15(6-8-16)21-24-20(31-25-21)14-27-13-19(22(28)26-9-11-29-12-10-26)30-18-4-2-1-3-17(18)27/h1-8,19H,9-14H2/t19-/m0/s1. The molecule has 5 rings (SSSR count). The average molecular weight is 441 g/mol. The maximum absolute atomic E-state index is 13.0. The molecule has 2 aliphatic rings. The molecule has 0 bridgehead atoms. The van der Waals surface area contributed by atoms with Crippen molar-refractivity contribution in [2.45, 2.75) is 12.6 Å². The molecule has 1 atom stereocenters. The van der Waals surface area contributed by atoms with Gasteiger partial charge in [-0.05, 0) is 36.4 Å². The zero-order valence-corrected chi connectivity index (χ0v) is 17.5. The second-order valence-corrected chi connectivity index (χ2v) is 7.85. The number of carbonyl (C=O) groups excluding carboxylic acids is 1. The molecule has 3 heterocycles. The first-order valence-electron chi connectivity index (χ1n) is 10.1. The van der Waals surface area contributed by atoms with Crippen LogP contribution in [-0.2, 0) is 16.1 Å². The van der Waals surface area contributed by atoms with E-state index in [1.54, 1.807) is 17.0 Å². The van der Waals surface area contributed by atoms with Crippen LogP contribution in [0, 0.1) is 0 Å². The molecule has 2 aliphatic heterocycles. The molecule has 0 unspecified atom stereocenters. The first-order chi connectivity index (χ1) is 15.2. The third-order valence-corrected chi connectivity index (χ3v) is 5.61. The van der Waals surface area contributed by atoms with E-state index in [1.807, 2.05) is 41.3 Å². The summed E-state index contributed by atoms with van der Waals surface area (Å²) >= 11 is 5.96. The third kappa shape index (κ3) is 4.22. The average Bonchev–Trinajstić information content (AvgIpc) is 3.28. The molecular weight excluding hydrogens is 420 g/mol. The summed E-state index contributed by atoms with van der Waals surface area (Å²) < 4.78 is 16.9. The fourth-order valence-corrected chi connectivity index (χ4v) is 3.90. The van der Waals surface area contributed by atoms with E-state index < -0.39 is 6.10 Å². The van der Waals surface area contributed by atoms with Crippen LogP contribution in [0.4, 0.5) is 5.69 Å². The monoisotopic (exact) mass is 440 g/mol. The van der Waals surface area contributed by atoms with Gasteiger partial charge in [-0.1, -0.05) is 28.9 Å². The summed E-state index contributed by atoms with van der Waals surface area (Å²) in [5, 5.41) is 4.74. The summed E-state index contributed by atoms with van der Waals surface area (Å²) in [4.78, 5) is 21.4. The van der Waals surface area contributed by atoms with Crippen molar-refractivity contribution in [1.82, 2.24) is 15.0 Å². The van der Waals surface area contributed by atoms with Crippen LogP contribution >= 0.6 is 11.6 Å². The first-order valence-corrected chi connectivity index (χ1v) is 10.5. The molecule has 9 heteroatoms. The van der Waals surface area contributed by atoms with Crippen molar-refractivity contribution >= 4 is 23.2 Å². The molecule has 1 aromatic heterocycles. The lowest BCUT2D eigenvalue weighted by molar-refractivity contribution is -0.142. The Balaban J connectivity index is 1.36. The highest BCUT2D eigenvalue weighted by molar-refractivity contribution is 6.30. The molecule has 1 fully saturated rings. The smallest absolute Gasteiger partial charge is 0.265 e. The van der Waals surface area contributed by atoms with E-state index in [0.717, 1.165) is 11.3 Å². The van der Waals surface area contributed by atoms with Gasteiger partial charge < -0.3 is 23.8 Å². The topological polar surface area (TPSA) is 80.9 Å². The van der Waals surface area contributed by atoms with E-state index in [9.17, 15) is 4.79 Å². The summed E-state index contributed by atoms with van der Waals surface area (Å²) in [6.45, 7) is 3.02. The minimum absolute atomic E-state index is 0.0322. The van der Waals surface area contributed by atoms with Crippen LogP contribution in [0.15, 0.2) is 53.1 Å². The lowest BCUT2D eigenvalue weighted by Gasteiger charge is -2.37. The molecule has 8 nitrogen and oxygen atoms in total. The summed E-state index contributed by atoms with van der Waals surface area (Å²) in [5.41, 5.74) is 1.71. The van der Waals surface area contributed by atoms with E-state index in [2.05, 4.69) is 10.1 Å². The highest BCUT2D eigenvalue weighted by atomic mass is 35.5. The van der Waals surface area contributed by atoms with Crippen LogP contribution in [0.2, 0.25) is 5.02 Å². The maximum Gasteiger partial charge on any atom is 0.265 e. The zero-order valence-electron chi connectivity index (χ0n) is 16.7. The Kier molecular flexibility index (Phi) is 5.48. The number of morpholine rings is 1. The molecule has 2 aromatic carbocycles. The summed E-state index contributed by atoms with van der Waals surface area (Å²) in [7, 11) is 0. The highest BCUT2D eigenvalue weighted by Gasteiger charge is 2.34. The fraction of sp³-hybridized carbons (Fsp3) is 0.318. The van der Waals surface area contributed by atoms with Crippen molar-refractivity contribution in [3.05, 3.63) is 59.4 Å². The van der Waals surface area contributed by atoms with Crippen molar-refractivity contribution in [3.8, 4) is 17.1 Å². The minimum Gasteiger partial charge on any atom is -0.477 e. The van der Waals surface area contributed by atoms with Crippen LogP contribution < -0.4 is 9.64 Å². The molecule has 1 saturated heterocycles. The quantitative estimate of drug-likeness (QED) is 0.616. The normalized spacial score (nSPS) is 18.4. The number of ether oxygens (including phenoxy) is 2. The number of nitrogens with zero attached hydrogens (tertiary/aromatic N) is 4. The molecule has 0 saturated carbocycles. The molecule has 160 valence electrons. The minimum atomic E-state index is -0.605. The molecule has 1 amide bonds. The number of aromatic nitrogens is 2. The van der Waals surface area contributed by atoms with Gasteiger partial charge in [0.2, 0.25) is 11.7 Å². The van der Waals surface area contributed by atoms with Crippen LogP contribution in [0.5, 0.6) is 5.75 Å². The van der Waals surface area contributed by atoms with Crippen LogP contribution in [-0.4, -0.2) is 59.9 Å². The molecule has 3 aromatic rings. The largest absolute Gasteiger partial charge is 0.477 e. The molecular formula is C22H21ClN4O4. The van der Waals surface area contributed by atoms with Gasteiger partial charge in [-0.25, -0.2) is 0 Å². The summed E-state index contributed by atoms with van der Waals surface area (Å²) in [6, 6.07) is 14.9. The lowest BCUT2D eigenvalue weighted by Crippen LogP contribution is -2.52. The van der Waals surface area contributed by atoms with E-state index >= 15 is 0 Å². The lowest BCUT2D eigenvalue weighted by atomic mass is 10.1. The van der Waals surface area contributed by atoms with Gasteiger partial charge in [-0.3, -0.25) is 4.79 Å². The molecule has 0 spiro atoms. The second-order valence-electron chi connectivity index (χ2n) is 7.41. The fourth-order valence-electron chi connectivity index (χ4n) is 3.77. The number of amides is 1. The molecule has 0 N–H and O–H groups in total. The maximum atomic E-state index is 13.0. The van der Waals surface area contributed by atoms with E-state index in [0.29, 0.717) is 61.9 Å². The van der Waals surface area contributed by atoms with Gasteiger partial charge in [0.05, 0.1) is 32.0 Å². The zero-order chi connectivity index (χ0) is 21.2. The van der Waals surface area contributed by atoms with E-state index in [4.69, 9.17) is 25.6 Å². The van der Waals surface area contributed by atoms with Gasteiger partial charge in [0.15, 0.2) is 6.10 Å². The van der Waals surface area contributed by atoms with E-state index in [-0.39, 0.29) is 5.91 Å². The first kappa shape index (κ1) is 19.8. The Morgan fingerprint density at radius 1 is 1.10 bits per heavy atom. The number of carbonyl (C=O) groups is 1. The number of halogens is 1. The number of anilines is 1. The predicted octanol–water partition coefficient (Wildman–Crippen LogP) is 3.02. The molecule has 31 heavy (non-hydrogen) atoms. The van der Waals surface area contributed by atoms with Crippen molar-refractivity contribution in [2.24, 2.45) is 0 Å². The summed E-state index contributed by atoms with van der Waals surface area (Å²) in [5.74, 6) is 1.58. The number of fused-ring (bicyclic) bond motifs is 1. The Bertz CT molecular complexity index is 1070. The summed E-state index contributed by atoms with van der Waals surface area (Å²) in [6.07, 6.45) is -0.605. The molecule has 0 aliphatic carbocycles. The predicted molar refractivity (Wildman–Crippen MR) is 114 cm³/mol. The van der Waals surface area contributed by atoms with Crippen molar-refractivity contribution in [2.75, 3.05) is 37.7 Å². The van der Waals surface area contributed by atoms with Gasteiger partial charge in [0.1, 0.15) is 5.75 Å². The number of para-hydroxylation sites is 2. The highest BCUT2D eigenvalue weighted by Crippen LogP contribution is 2.34. The van der Waals surface area contributed by atoms with Gasteiger partial charge in [0.25, 0.3) is 5.91 Å². The molecule has 0 radical (unpaired) electrons. The second kappa shape index (κ2) is 8.56. The van der Waals surface area contributed by atoms with Gasteiger partial charge in [-0.2, -0.15) is 4.98 Å². The van der Waals surface area contributed by atoms with Gasteiger partial charge >= 0.3 is 0 Å². The van der Waals surface area contributed by atoms with E-state index in [1.165, 1.54) is 0 Å². The van der Waals surface area contributed by atoms with Crippen LogP contribution in [0.1, 0.15) is 5.89 Å². The Morgan fingerprint density at radius 3 is 2.68 bits per heavy atom. The Hall–Kier alpha value is -3.10. The number of benzene rings is 2. The van der Waals surface area contributed by atoms with Crippen molar-refractivity contribution in [1.29, 1.82) is 0 Å². The van der Waals surface area contributed by atoms with Crippen molar-refractivity contribution < 1.29 is 18.8 Å². The number of hydrogen-bond donors (Lipinski definition) is 0. The van der Waals surface area contributed by atoms with Crippen LogP contribution in [0.25, 0.3) is 11.4 Å².